The van der Waals surface area contributed by atoms with Gasteiger partial charge in [0.05, 0.1) is 33.0 Å². The van der Waals surface area contributed by atoms with Gasteiger partial charge in [-0.2, -0.15) is 0 Å². The van der Waals surface area contributed by atoms with E-state index in [-0.39, 0.29) is 0 Å². The zero-order chi connectivity index (χ0) is 15.3. The summed E-state index contributed by atoms with van der Waals surface area (Å²) in [6.07, 6.45) is 0. The molecule has 0 bridgehead atoms. The molecule has 0 aromatic heterocycles. The number of benzene rings is 1. The van der Waals surface area contributed by atoms with Crippen LogP contribution in [0.25, 0.3) is 0 Å². The molecule has 0 aliphatic rings. The van der Waals surface area contributed by atoms with Crippen LogP contribution in [0.15, 0.2) is 24.3 Å². The summed E-state index contributed by atoms with van der Waals surface area (Å²) in [7, 11) is 0.729. The van der Waals surface area contributed by atoms with Gasteiger partial charge in [0.25, 0.3) is 0 Å². The van der Waals surface area contributed by atoms with Gasteiger partial charge in [0, 0.05) is 35.3 Å². The summed E-state index contributed by atoms with van der Waals surface area (Å²) < 4.78 is 27.4. The fraction of sp³-hybridized carbons (Fsp3) is 0.600. The van der Waals surface area contributed by atoms with Crippen molar-refractivity contribution in [1.82, 2.24) is 0 Å². The molecule has 0 N–H and O–H groups in total. The van der Waals surface area contributed by atoms with Gasteiger partial charge in [-0.05, 0) is 11.1 Å². The molecular formula is C15H23ClO4S. The monoisotopic (exact) mass is 334 g/mol. The van der Waals surface area contributed by atoms with Gasteiger partial charge >= 0.3 is 0 Å². The molecule has 0 aliphatic heterocycles. The minimum atomic E-state index is -0.909. The highest BCUT2D eigenvalue weighted by Crippen LogP contribution is 2.09. The lowest BCUT2D eigenvalue weighted by Gasteiger charge is -2.06. The van der Waals surface area contributed by atoms with Crippen LogP contribution >= 0.6 is 11.6 Å². The minimum absolute atomic E-state index is 0.486. The first-order valence-electron chi connectivity index (χ1n) is 6.89. The molecule has 0 aliphatic carbocycles. The van der Waals surface area contributed by atoms with Crippen LogP contribution in [0.3, 0.4) is 0 Å². The van der Waals surface area contributed by atoms with Crippen LogP contribution in [0.2, 0.25) is 0 Å². The number of ether oxygens (including phenoxy) is 3. The van der Waals surface area contributed by atoms with Crippen LogP contribution in [0.1, 0.15) is 11.1 Å². The van der Waals surface area contributed by atoms with Gasteiger partial charge in [0.2, 0.25) is 0 Å². The average Bonchev–Trinajstić information content (AvgIpc) is 2.50. The molecule has 0 radical (unpaired) electrons. The summed E-state index contributed by atoms with van der Waals surface area (Å²) >= 11 is 5.73. The maximum absolute atomic E-state index is 11.9. The summed E-state index contributed by atoms with van der Waals surface area (Å²) in [5.74, 6) is 1.59. The van der Waals surface area contributed by atoms with Gasteiger partial charge in [0.1, 0.15) is 0 Å². The molecule has 1 unspecified atom stereocenters. The van der Waals surface area contributed by atoms with Crippen molar-refractivity contribution >= 4 is 22.4 Å². The third-order valence-electron chi connectivity index (χ3n) is 2.76. The Labute approximate surface area is 134 Å². The van der Waals surface area contributed by atoms with E-state index in [1.54, 1.807) is 7.11 Å². The summed E-state index contributed by atoms with van der Waals surface area (Å²) in [6.45, 7) is 2.71. The molecular weight excluding hydrogens is 312 g/mol. The Kier molecular flexibility index (Phi) is 10.7. The fourth-order valence-electron chi connectivity index (χ4n) is 1.60. The molecule has 1 aromatic rings. The van der Waals surface area contributed by atoms with E-state index in [1.165, 1.54) is 0 Å². The Balaban J connectivity index is 2.05. The number of methoxy groups -OCH3 is 1. The first-order valence-corrected chi connectivity index (χ1v) is 8.91. The molecule has 0 amide bonds. The zero-order valence-corrected chi connectivity index (χ0v) is 14.0. The first kappa shape index (κ1) is 18.6. The second-order valence-electron chi connectivity index (χ2n) is 4.46. The molecule has 120 valence electrons. The van der Waals surface area contributed by atoms with Crippen molar-refractivity contribution in [2.24, 2.45) is 0 Å². The smallest absolute Gasteiger partial charge is 0.0701 e. The van der Waals surface area contributed by atoms with Crippen molar-refractivity contribution in [2.45, 2.75) is 11.6 Å². The summed E-state index contributed by atoms with van der Waals surface area (Å²) in [6, 6.07) is 7.88. The maximum atomic E-state index is 11.9. The summed E-state index contributed by atoms with van der Waals surface area (Å²) in [5.41, 5.74) is 2.13. The molecule has 0 spiro atoms. The van der Waals surface area contributed by atoms with E-state index in [9.17, 15) is 4.21 Å². The lowest BCUT2D eigenvalue weighted by molar-refractivity contribution is 0.0285. The van der Waals surface area contributed by atoms with Crippen molar-refractivity contribution in [3.05, 3.63) is 35.4 Å². The van der Waals surface area contributed by atoms with Gasteiger partial charge in [0.15, 0.2) is 0 Å². The Morgan fingerprint density at radius 3 is 2.14 bits per heavy atom. The van der Waals surface area contributed by atoms with E-state index in [1.807, 2.05) is 24.3 Å². The molecule has 1 rings (SSSR count). The SMILES string of the molecule is COCCOCCOCCS(=O)Cc1ccc(CCl)cc1. The predicted molar refractivity (Wildman–Crippen MR) is 86.2 cm³/mol. The minimum Gasteiger partial charge on any atom is -0.382 e. The largest absolute Gasteiger partial charge is 0.382 e. The fourth-order valence-corrected chi connectivity index (χ4v) is 2.79. The molecule has 0 saturated heterocycles. The Bertz CT molecular complexity index is 397. The summed E-state index contributed by atoms with van der Waals surface area (Å²) in [4.78, 5) is 0. The van der Waals surface area contributed by atoms with Gasteiger partial charge in [-0.1, -0.05) is 24.3 Å². The third kappa shape index (κ3) is 9.22. The number of hydrogen-bond donors (Lipinski definition) is 0. The third-order valence-corrected chi connectivity index (χ3v) is 4.35. The average molecular weight is 335 g/mol. The number of alkyl halides is 1. The van der Waals surface area contributed by atoms with Crippen LogP contribution in [0.4, 0.5) is 0 Å². The molecule has 1 atom stereocenters. The molecule has 0 saturated carbocycles. The van der Waals surface area contributed by atoms with Crippen molar-refractivity contribution in [1.29, 1.82) is 0 Å². The Morgan fingerprint density at radius 1 is 0.952 bits per heavy atom. The van der Waals surface area contributed by atoms with Crippen LogP contribution in [0.5, 0.6) is 0 Å². The first-order chi connectivity index (χ1) is 10.3. The van der Waals surface area contributed by atoms with E-state index >= 15 is 0 Å². The van der Waals surface area contributed by atoms with E-state index < -0.39 is 10.8 Å². The van der Waals surface area contributed by atoms with E-state index in [0.29, 0.717) is 50.4 Å². The number of rotatable bonds is 12. The highest BCUT2D eigenvalue weighted by molar-refractivity contribution is 7.84. The van der Waals surface area contributed by atoms with Gasteiger partial charge in [-0.25, -0.2) is 0 Å². The van der Waals surface area contributed by atoms with Crippen LogP contribution < -0.4 is 0 Å². The molecule has 4 nitrogen and oxygen atoms in total. The highest BCUT2D eigenvalue weighted by atomic mass is 35.5. The van der Waals surface area contributed by atoms with Crippen molar-refractivity contribution in [2.75, 3.05) is 45.9 Å². The van der Waals surface area contributed by atoms with Gasteiger partial charge in [-0.3, -0.25) is 4.21 Å². The molecule has 1 aromatic carbocycles. The topological polar surface area (TPSA) is 44.8 Å². The second kappa shape index (κ2) is 12.1. The molecule has 0 fully saturated rings. The van der Waals surface area contributed by atoms with Crippen molar-refractivity contribution in [3.8, 4) is 0 Å². The molecule has 21 heavy (non-hydrogen) atoms. The standard InChI is InChI=1S/C15H23ClO4S/c1-18-6-7-19-8-9-20-10-11-21(17)13-15-4-2-14(12-16)3-5-15/h2-5H,6-13H2,1H3. The lowest BCUT2D eigenvalue weighted by Crippen LogP contribution is -2.12. The van der Waals surface area contributed by atoms with Crippen molar-refractivity contribution < 1.29 is 18.4 Å². The van der Waals surface area contributed by atoms with Crippen LogP contribution in [-0.4, -0.2) is 50.1 Å². The van der Waals surface area contributed by atoms with Crippen molar-refractivity contribution in [3.63, 3.8) is 0 Å². The number of hydrogen-bond acceptors (Lipinski definition) is 4. The predicted octanol–water partition coefficient (Wildman–Crippen LogP) is 2.35. The van der Waals surface area contributed by atoms with E-state index in [4.69, 9.17) is 25.8 Å². The lowest BCUT2D eigenvalue weighted by atomic mass is 10.2. The molecule has 6 heteroatoms. The summed E-state index contributed by atoms with van der Waals surface area (Å²) in [5, 5.41) is 0. The molecule has 0 heterocycles. The van der Waals surface area contributed by atoms with E-state index in [2.05, 4.69) is 0 Å². The zero-order valence-electron chi connectivity index (χ0n) is 12.4. The second-order valence-corrected chi connectivity index (χ2v) is 6.30. The van der Waals surface area contributed by atoms with E-state index in [0.717, 1.165) is 11.1 Å². The highest BCUT2D eigenvalue weighted by Gasteiger charge is 2.02. The van der Waals surface area contributed by atoms with Gasteiger partial charge < -0.3 is 14.2 Å². The van der Waals surface area contributed by atoms with Gasteiger partial charge in [-0.15, -0.1) is 11.6 Å². The maximum Gasteiger partial charge on any atom is 0.0701 e. The Hall–Kier alpha value is -0.460. The Morgan fingerprint density at radius 2 is 1.52 bits per heavy atom. The normalized spacial score (nSPS) is 12.5. The van der Waals surface area contributed by atoms with Crippen LogP contribution in [0, 0.1) is 0 Å². The quantitative estimate of drug-likeness (QED) is 0.435. The van der Waals surface area contributed by atoms with Crippen LogP contribution in [-0.2, 0) is 36.6 Å². The number of halogens is 1.